The van der Waals surface area contributed by atoms with Crippen LogP contribution in [-0.4, -0.2) is 37.6 Å². The molecule has 0 fully saturated rings. The second-order valence-electron chi connectivity index (χ2n) is 6.22. The number of rotatable bonds is 6. The summed E-state index contributed by atoms with van der Waals surface area (Å²) in [6.07, 6.45) is 0. The predicted molar refractivity (Wildman–Crippen MR) is 112 cm³/mol. The SMILES string of the molecule is COC(=O)c1cccc(NS(=O)(=O)c2nnc(NC(=O)c3ccccc3C)s2)c1C. The quantitative estimate of drug-likeness (QED) is 0.440. The molecule has 3 rings (SSSR count). The third kappa shape index (κ3) is 4.47. The molecule has 0 saturated heterocycles. The summed E-state index contributed by atoms with van der Waals surface area (Å²) in [5.41, 5.74) is 2.07. The Bertz CT molecular complexity index is 1220. The van der Waals surface area contributed by atoms with Crippen molar-refractivity contribution in [3.05, 3.63) is 64.7 Å². The van der Waals surface area contributed by atoms with Crippen LogP contribution in [-0.2, 0) is 14.8 Å². The highest BCUT2D eigenvalue weighted by Crippen LogP contribution is 2.26. The number of sulfonamides is 1. The molecular weight excluding hydrogens is 428 g/mol. The number of aryl methyl sites for hydroxylation is 1. The second kappa shape index (κ2) is 8.59. The lowest BCUT2D eigenvalue weighted by Gasteiger charge is -2.11. The number of nitrogens with zero attached hydrogens (tertiary/aromatic N) is 2. The van der Waals surface area contributed by atoms with Crippen LogP contribution in [0.2, 0.25) is 0 Å². The van der Waals surface area contributed by atoms with Gasteiger partial charge in [0.05, 0.1) is 18.4 Å². The van der Waals surface area contributed by atoms with Crippen molar-refractivity contribution in [1.82, 2.24) is 10.2 Å². The van der Waals surface area contributed by atoms with Crippen LogP contribution in [0.15, 0.2) is 46.8 Å². The van der Waals surface area contributed by atoms with E-state index in [0.717, 1.165) is 5.56 Å². The van der Waals surface area contributed by atoms with Gasteiger partial charge in [-0.05, 0) is 43.2 Å². The summed E-state index contributed by atoms with van der Waals surface area (Å²) < 4.78 is 32.1. The first-order valence-electron chi connectivity index (χ1n) is 8.64. The van der Waals surface area contributed by atoms with E-state index in [0.29, 0.717) is 22.5 Å². The molecule has 9 nitrogen and oxygen atoms in total. The number of ether oxygens (including phenoxy) is 1. The number of amides is 1. The third-order valence-corrected chi connectivity index (χ3v) is 6.80. The summed E-state index contributed by atoms with van der Waals surface area (Å²) >= 11 is 0.713. The molecule has 1 aromatic heterocycles. The maximum Gasteiger partial charge on any atom is 0.338 e. The minimum Gasteiger partial charge on any atom is -0.465 e. The lowest BCUT2D eigenvalue weighted by Crippen LogP contribution is -2.15. The van der Waals surface area contributed by atoms with E-state index in [1.54, 1.807) is 32.0 Å². The van der Waals surface area contributed by atoms with E-state index >= 15 is 0 Å². The number of nitrogens with one attached hydrogen (secondary N) is 2. The Balaban J connectivity index is 1.80. The molecule has 0 saturated carbocycles. The van der Waals surface area contributed by atoms with Crippen LogP contribution in [0.25, 0.3) is 0 Å². The van der Waals surface area contributed by atoms with E-state index in [4.69, 9.17) is 4.74 Å². The van der Waals surface area contributed by atoms with Crippen LogP contribution < -0.4 is 10.0 Å². The van der Waals surface area contributed by atoms with Gasteiger partial charge in [-0.15, -0.1) is 10.2 Å². The van der Waals surface area contributed by atoms with Crippen LogP contribution >= 0.6 is 11.3 Å². The van der Waals surface area contributed by atoms with Gasteiger partial charge in [-0.1, -0.05) is 35.6 Å². The van der Waals surface area contributed by atoms with Gasteiger partial charge in [0.15, 0.2) is 0 Å². The molecular formula is C19H18N4O5S2. The van der Waals surface area contributed by atoms with E-state index in [2.05, 4.69) is 20.2 Å². The van der Waals surface area contributed by atoms with Crippen molar-refractivity contribution >= 4 is 44.1 Å². The fourth-order valence-electron chi connectivity index (χ4n) is 2.63. The van der Waals surface area contributed by atoms with Gasteiger partial charge in [0, 0.05) is 5.56 Å². The number of benzene rings is 2. The van der Waals surface area contributed by atoms with Gasteiger partial charge in [-0.3, -0.25) is 14.8 Å². The van der Waals surface area contributed by atoms with E-state index in [1.165, 1.54) is 25.3 Å². The lowest BCUT2D eigenvalue weighted by atomic mass is 10.1. The van der Waals surface area contributed by atoms with Crippen molar-refractivity contribution in [2.45, 2.75) is 18.2 Å². The fraction of sp³-hybridized carbons (Fsp3) is 0.158. The standard InChI is InChI=1S/C19H18N4O5S2/c1-11-7-4-5-8-13(11)16(24)20-18-21-22-19(29-18)30(26,27)23-15-10-6-9-14(12(15)2)17(25)28-3/h4-10,23H,1-3H3,(H,20,21,24). The highest BCUT2D eigenvalue weighted by atomic mass is 32.2. The van der Waals surface area contributed by atoms with E-state index < -0.39 is 21.9 Å². The highest BCUT2D eigenvalue weighted by Gasteiger charge is 2.23. The topological polar surface area (TPSA) is 127 Å². The smallest absolute Gasteiger partial charge is 0.338 e. The zero-order chi connectivity index (χ0) is 21.9. The minimum absolute atomic E-state index is 0.0451. The van der Waals surface area contributed by atoms with Gasteiger partial charge in [0.1, 0.15) is 0 Å². The Kier molecular flexibility index (Phi) is 6.13. The molecule has 11 heteroatoms. The Hall–Kier alpha value is -3.31. The summed E-state index contributed by atoms with van der Waals surface area (Å²) in [4.78, 5) is 24.2. The van der Waals surface area contributed by atoms with Crippen LogP contribution in [0.3, 0.4) is 0 Å². The van der Waals surface area contributed by atoms with Crippen molar-refractivity contribution in [3.8, 4) is 0 Å². The maximum absolute atomic E-state index is 12.7. The summed E-state index contributed by atoms with van der Waals surface area (Å²) in [5, 5.41) is 10.0. The van der Waals surface area contributed by atoms with Gasteiger partial charge in [0.2, 0.25) is 5.13 Å². The Morgan fingerprint density at radius 1 is 1.00 bits per heavy atom. The van der Waals surface area contributed by atoms with Crippen molar-refractivity contribution in [3.63, 3.8) is 0 Å². The average Bonchev–Trinajstić information content (AvgIpc) is 3.18. The first-order valence-corrected chi connectivity index (χ1v) is 10.9. The number of methoxy groups -OCH3 is 1. The molecule has 0 aliphatic carbocycles. The monoisotopic (exact) mass is 446 g/mol. The first-order chi connectivity index (χ1) is 14.2. The molecule has 0 bridgehead atoms. The number of anilines is 2. The van der Waals surface area contributed by atoms with Crippen LogP contribution in [0.1, 0.15) is 31.8 Å². The van der Waals surface area contributed by atoms with E-state index in [-0.39, 0.29) is 20.7 Å². The molecule has 30 heavy (non-hydrogen) atoms. The number of carbonyl (C=O) groups is 2. The molecule has 0 unspecified atom stereocenters. The third-order valence-electron chi connectivity index (χ3n) is 4.23. The van der Waals surface area contributed by atoms with Crippen LogP contribution in [0.4, 0.5) is 10.8 Å². The maximum atomic E-state index is 12.7. The average molecular weight is 447 g/mol. The molecule has 0 aliphatic rings. The number of carbonyl (C=O) groups excluding carboxylic acids is 2. The van der Waals surface area contributed by atoms with Gasteiger partial charge < -0.3 is 4.74 Å². The first kappa shape index (κ1) is 21.4. The molecule has 156 valence electrons. The fourth-order valence-corrected chi connectivity index (χ4v) is 4.65. The highest BCUT2D eigenvalue weighted by molar-refractivity contribution is 7.94. The van der Waals surface area contributed by atoms with E-state index in [1.807, 2.05) is 6.07 Å². The van der Waals surface area contributed by atoms with Gasteiger partial charge in [-0.25, -0.2) is 4.79 Å². The minimum atomic E-state index is -4.08. The second-order valence-corrected chi connectivity index (χ2v) is 9.05. The summed E-state index contributed by atoms with van der Waals surface area (Å²) in [6, 6.07) is 11.6. The number of hydrogen-bond acceptors (Lipinski definition) is 8. The molecule has 3 aromatic rings. The van der Waals surface area contributed by atoms with Crippen LogP contribution in [0, 0.1) is 13.8 Å². The Morgan fingerprint density at radius 2 is 1.70 bits per heavy atom. The van der Waals surface area contributed by atoms with Gasteiger partial charge in [-0.2, -0.15) is 8.42 Å². The Morgan fingerprint density at radius 3 is 2.40 bits per heavy atom. The molecule has 2 aromatic carbocycles. The number of hydrogen-bond donors (Lipinski definition) is 2. The van der Waals surface area contributed by atoms with E-state index in [9.17, 15) is 18.0 Å². The number of aromatic nitrogens is 2. The zero-order valence-corrected chi connectivity index (χ0v) is 17.9. The van der Waals surface area contributed by atoms with Crippen molar-refractivity contribution in [1.29, 1.82) is 0 Å². The zero-order valence-electron chi connectivity index (χ0n) is 16.3. The van der Waals surface area contributed by atoms with Crippen LogP contribution in [0.5, 0.6) is 0 Å². The summed E-state index contributed by atoms with van der Waals surface area (Å²) in [5.74, 6) is -0.992. The summed E-state index contributed by atoms with van der Waals surface area (Å²) in [7, 11) is -2.84. The molecule has 1 heterocycles. The molecule has 0 radical (unpaired) electrons. The molecule has 2 N–H and O–H groups in total. The number of esters is 1. The predicted octanol–water partition coefficient (Wildman–Crippen LogP) is 2.99. The lowest BCUT2D eigenvalue weighted by molar-refractivity contribution is 0.0600. The van der Waals surface area contributed by atoms with Gasteiger partial charge >= 0.3 is 5.97 Å². The normalized spacial score (nSPS) is 11.0. The Labute approximate surface area is 177 Å². The van der Waals surface area contributed by atoms with Crippen molar-refractivity contribution in [2.24, 2.45) is 0 Å². The molecule has 0 atom stereocenters. The van der Waals surface area contributed by atoms with Crippen molar-refractivity contribution < 1.29 is 22.7 Å². The van der Waals surface area contributed by atoms with Gasteiger partial charge in [0.25, 0.3) is 20.3 Å². The largest absolute Gasteiger partial charge is 0.465 e. The molecule has 1 amide bonds. The molecule has 0 spiro atoms. The van der Waals surface area contributed by atoms with Crippen molar-refractivity contribution in [2.75, 3.05) is 17.1 Å². The summed E-state index contributed by atoms with van der Waals surface area (Å²) in [6.45, 7) is 3.39. The molecule has 0 aliphatic heterocycles.